The van der Waals surface area contributed by atoms with Crippen LogP contribution in [0.5, 0.6) is 5.75 Å². The molecule has 0 saturated heterocycles. The van der Waals surface area contributed by atoms with Gasteiger partial charge in [-0.15, -0.1) is 0 Å². The number of hydrogen-bond donors (Lipinski definition) is 2. The van der Waals surface area contributed by atoms with Gasteiger partial charge in [-0.25, -0.2) is 15.0 Å². The fraction of sp³-hybridized carbons (Fsp3) is 0.130. The molecule has 0 saturated carbocycles. The highest BCUT2D eigenvalue weighted by Crippen LogP contribution is 2.41. The predicted octanol–water partition coefficient (Wildman–Crippen LogP) is 4.32. The van der Waals surface area contributed by atoms with E-state index in [1.807, 2.05) is 42.6 Å². The van der Waals surface area contributed by atoms with Crippen LogP contribution in [0.4, 0.5) is 17.5 Å². The van der Waals surface area contributed by atoms with Crippen molar-refractivity contribution in [1.29, 1.82) is 0 Å². The van der Waals surface area contributed by atoms with Gasteiger partial charge in [-0.1, -0.05) is 12.1 Å². The molecule has 30 heavy (non-hydrogen) atoms. The first-order valence-electron chi connectivity index (χ1n) is 9.72. The van der Waals surface area contributed by atoms with Crippen LogP contribution >= 0.6 is 0 Å². The first kappa shape index (κ1) is 18.1. The number of pyridine rings is 2. The topological polar surface area (TPSA) is 84.8 Å². The van der Waals surface area contributed by atoms with Gasteiger partial charge in [-0.2, -0.15) is 0 Å². The molecule has 1 aliphatic heterocycles. The normalized spacial score (nSPS) is 11.4. The number of aromatic nitrogens is 4. The monoisotopic (exact) mass is 396 g/mol. The molecule has 0 unspecified atom stereocenters. The van der Waals surface area contributed by atoms with Gasteiger partial charge in [0, 0.05) is 41.8 Å². The van der Waals surface area contributed by atoms with E-state index in [-0.39, 0.29) is 0 Å². The van der Waals surface area contributed by atoms with Crippen molar-refractivity contribution in [3.05, 3.63) is 72.8 Å². The Labute approximate surface area is 174 Å². The fourth-order valence-electron chi connectivity index (χ4n) is 3.57. The van der Waals surface area contributed by atoms with Gasteiger partial charge in [0.15, 0.2) is 0 Å². The lowest BCUT2D eigenvalue weighted by Gasteiger charge is -2.11. The Morgan fingerprint density at radius 1 is 0.967 bits per heavy atom. The molecule has 148 valence electrons. The number of benzene rings is 1. The van der Waals surface area contributed by atoms with Crippen molar-refractivity contribution in [2.75, 3.05) is 24.3 Å². The summed E-state index contributed by atoms with van der Waals surface area (Å²) in [6, 6.07) is 14.0. The summed E-state index contributed by atoms with van der Waals surface area (Å²) in [5, 5.41) is 6.71. The zero-order valence-electron chi connectivity index (χ0n) is 16.5. The van der Waals surface area contributed by atoms with E-state index < -0.39 is 0 Å². The van der Waals surface area contributed by atoms with Crippen LogP contribution in [0.15, 0.2) is 67.3 Å². The molecule has 4 heterocycles. The molecule has 1 aromatic carbocycles. The van der Waals surface area contributed by atoms with Crippen molar-refractivity contribution in [3.63, 3.8) is 0 Å². The third-order valence-electron chi connectivity index (χ3n) is 5.05. The average molecular weight is 396 g/mol. The molecule has 1 aliphatic rings. The number of hydrogen-bond acceptors (Lipinski definition) is 7. The Balaban J connectivity index is 1.45. The Morgan fingerprint density at radius 3 is 2.87 bits per heavy atom. The van der Waals surface area contributed by atoms with E-state index in [1.54, 1.807) is 25.7 Å². The lowest BCUT2D eigenvalue weighted by Crippen LogP contribution is -2.09. The molecule has 5 rings (SSSR count). The third-order valence-corrected chi connectivity index (χ3v) is 5.05. The van der Waals surface area contributed by atoms with E-state index in [0.717, 1.165) is 46.1 Å². The van der Waals surface area contributed by atoms with Gasteiger partial charge in [0.25, 0.3) is 0 Å². The molecule has 7 nitrogen and oxygen atoms in total. The van der Waals surface area contributed by atoms with Crippen molar-refractivity contribution in [2.24, 2.45) is 0 Å². The molecule has 3 aromatic heterocycles. The van der Waals surface area contributed by atoms with Crippen LogP contribution in [0.1, 0.15) is 5.56 Å². The van der Waals surface area contributed by atoms with Gasteiger partial charge >= 0.3 is 0 Å². The summed E-state index contributed by atoms with van der Waals surface area (Å²) in [6.07, 6.45) is 8.03. The lowest BCUT2D eigenvalue weighted by molar-refractivity contribution is 0.414. The predicted molar refractivity (Wildman–Crippen MR) is 117 cm³/mol. The van der Waals surface area contributed by atoms with Gasteiger partial charge in [0.1, 0.15) is 11.6 Å². The van der Waals surface area contributed by atoms with Crippen molar-refractivity contribution in [2.45, 2.75) is 6.42 Å². The van der Waals surface area contributed by atoms with Crippen LogP contribution < -0.4 is 15.4 Å². The van der Waals surface area contributed by atoms with Crippen molar-refractivity contribution >= 4 is 17.5 Å². The Kier molecular flexibility index (Phi) is 4.69. The zero-order chi connectivity index (χ0) is 20.3. The van der Waals surface area contributed by atoms with E-state index in [0.29, 0.717) is 12.5 Å². The van der Waals surface area contributed by atoms with Crippen LogP contribution in [0.2, 0.25) is 0 Å². The zero-order valence-corrected chi connectivity index (χ0v) is 16.5. The number of methoxy groups -OCH3 is 1. The highest BCUT2D eigenvalue weighted by Gasteiger charge is 2.21. The maximum absolute atomic E-state index is 5.29. The van der Waals surface area contributed by atoms with Gasteiger partial charge in [-0.3, -0.25) is 4.98 Å². The van der Waals surface area contributed by atoms with Crippen molar-refractivity contribution in [1.82, 2.24) is 19.9 Å². The van der Waals surface area contributed by atoms with Crippen LogP contribution in [-0.2, 0) is 6.42 Å². The quantitative estimate of drug-likeness (QED) is 0.458. The minimum Gasteiger partial charge on any atom is -0.497 e. The summed E-state index contributed by atoms with van der Waals surface area (Å²) in [5.74, 6) is 2.20. The van der Waals surface area contributed by atoms with Gasteiger partial charge in [-0.05, 0) is 42.3 Å². The molecular weight excluding hydrogens is 376 g/mol. The largest absolute Gasteiger partial charge is 0.497 e. The maximum atomic E-state index is 5.29. The molecule has 4 aromatic rings. The Morgan fingerprint density at radius 2 is 1.93 bits per heavy atom. The number of nitrogens with one attached hydrogen (secondary N) is 2. The molecule has 0 aliphatic carbocycles. The minimum absolute atomic E-state index is 0.587. The molecular formula is C23H20N6O. The Hall–Kier alpha value is -4.00. The molecule has 0 radical (unpaired) electrons. The van der Waals surface area contributed by atoms with Crippen LogP contribution in [0.3, 0.4) is 0 Å². The summed E-state index contributed by atoms with van der Waals surface area (Å²) >= 11 is 0. The van der Waals surface area contributed by atoms with E-state index in [4.69, 9.17) is 9.72 Å². The smallest absolute Gasteiger partial charge is 0.223 e. The maximum Gasteiger partial charge on any atom is 0.223 e. The highest BCUT2D eigenvalue weighted by molar-refractivity contribution is 5.95. The SMILES string of the molecule is COc1cccc(CCNc2ncc3c(n2)-c2cccnc2Nc2cnccc2-3)c1. The number of anilines is 3. The molecule has 0 fully saturated rings. The minimum atomic E-state index is 0.587. The number of nitrogens with zero attached hydrogens (tertiary/aromatic N) is 4. The standard InChI is InChI=1S/C23H20N6O/c1-30-16-5-2-4-15(12-16)7-11-26-23-27-13-19-17-8-10-24-14-20(17)28-22-18(21(19)29-23)6-3-9-25-22/h2-6,8-10,12-14H,7,11H2,1H3,(H,25,28)(H,26,27,29). The van der Waals surface area contributed by atoms with Gasteiger partial charge in [0.2, 0.25) is 5.95 Å². The van der Waals surface area contributed by atoms with Gasteiger partial charge < -0.3 is 15.4 Å². The second-order valence-corrected chi connectivity index (χ2v) is 6.93. The molecule has 0 bridgehead atoms. The summed E-state index contributed by atoms with van der Waals surface area (Å²) in [4.78, 5) is 18.1. The van der Waals surface area contributed by atoms with Crippen LogP contribution in [0, 0.1) is 0 Å². The summed E-state index contributed by atoms with van der Waals surface area (Å²) in [6.45, 7) is 0.713. The molecule has 2 N–H and O–H groups in total. The average Bonchev–Trinajstić information content (AvgIpc) is 2.93. The molecule has 0 spiro atoms. The number of rotatable bonds is 5. The Bertz CT molecular complexity index is 1210. The van der Waals surface area contributed by atoms with E-state index >= 15 is 0 Å². The summed E-state index contributed by atoms with van der Waals surface area (Å²) < 4.78 is 5.29. The molecule has 7 heteroatoms. The third kappa shape index (κ3) is 3.41. The summed E-state index contributed by atoms with van der Waals surface area (Å²) in [7, 11) is 1.68. The van der Waals surface area contributed by atoms with Gasteiger partial charge in [0.05, 0.1) is 24.7 Å². The molecule has 0 atom stereocenters. The number of ether oxygens (including phenoxy) is 1. The fourth-order valence-corrected chi connectivity index (χ4v) is 3.57. The summed E-state index contributed by atoms with van der Waals surface area (Å²) in [5.41, 5.74) is 5.80. The van der Waals surface area contributed by atoms with Crippen molar-refractivity contribution < 1.29 is 4.74 Å². The van der Waals surface area contributed by atoms with Crippen LogP contribution in [0.25, 0.3) is 22.4 Å². The van der Waals surface area contributed by atoms with Crippen molar-refractivity contribution in [3.8, 4) is 28.1 Å². The first-order chi connectivity index (χ1) is 14.8. The van der Waals surface area contributed by atoms with Crippen LogP contribution in [-0.4, -0.2) is 33.6 Å². The second-order valence-electron chi connectivity index (χ2n) is 6.93. The first-order valence-corrected chi connectivity index (χ1v) is 9.72. The van der Waals surface area contributed by atoms with E-state index in [9.17, 15) is 0 Å². The van der Waals surface area contributed by atoms with E-state index in [2.05, 4.69) is 31.7 Å². The lowest BCUT2D eigenvalue weighted by atomic mass is 10.0. The molecule has 0 amide bonds. The highest BCUT2D eigenvalue weighted by atomic mass is 16.5. The van der Waals surface area contributed by atoms with E-state index in [1.165, 1.54) is 5.56 Å². The second kappa shape index (κ2) is 7.79. The number of fused-ring (bicyclic) bond motifs is 5.